The van der Waals surface area contributed by atoms with Crippen LogP contribution < -0.4 is 5.32 Å². The van der Waals surface area contributed by atoms with Crippen LogP contribution in [0.5, 0.6) is 0 Å². The van der Waals surface area contributed by atoms with Crippen LogP contribution in [-0.4, -0.2) is 17.6 Å². The summed E-state index contributed by atoms with van der Waals surface area (Å²) in [6.07, 6.45) is 8.87. The first-order chi connectivity index (χ1) is 8.55. The van der Waals surface area contributed by atoms with Crippen LogP contribution in [0.2, 0.25) is 0 Å². The molecule has 2 nitrogen and oxygen atoms in total. The molecule has 1 heterocycles. The number of nitrogens with one attached hydrogen (secondary N) is 1. The van der Waals surface area contributed by atoms with Crippen LogP contribution in [0.15, 0.2) is 24.5 Å². The van der Waals surface area contributed by atoms with Gasteiger partial charge in [0.1, 0.15) is 0 Å². The van der Waals surface area contributed by atoms with Gasteiger partial charge in [0.25, 0.3) is 0 Å². The Morgan fingerprint density at radius 2 is 2.00 bits per heavy atom. The van der Waals surface area contributed by atoms with E-state index in [1.165, 1.54) is 24.8 Å². The third-order valence-electron chi connectivity index (χ3n) is 3.98. The second kappa shape index (κ2) is 5.83. The normalized spacial score (nSPS) is 27.1. The molecule has 1 N–H and O–H groups in total. The minimum atomic E-state index is 0.506. The van der Waals surface area contributed by atoms with Crippen molar-refractivity contribution in [1.29, 1.82) is 0 Å². The van der Waals surface area contributed by atoms with Gasteiger partial charge in [-0.2, -0.15) is 0 Å². The quantitative estimate of drug-likeness (QED) is 0.880. The van der Waals surface area contributed by atoms with Crippen molar-refractivity contribution in [3.05, 3.63) is 30.1 Å². The van der Waals surface area contributed by atoms with E-state index in [1.807, 2.05) is 12.4 Å². The topological polar surface area (TPSA) is 24.9 Å². The lowest BCUT2D eigenvalue weighted by Crippen LogP contribution is -2.40. The minimum Gasteiger partial charge on any atom is -0.314 e. The molecule has 2 rings (SSSR count). The fourth-order valence-corrected chi connectivity index (χ4v) is 3.47. The van der Waals surface area contributed by atoms with Crippen molar-refractivity contribution in [3.63, 3.8) is 0 Å². The van der Waals surface area contributed by atoms with Crippen LogP contribution in [-0.2, 0) is 6.42 Å². The molecule has 0 aliphatic heterocycles. The Labute approximate surface area is 111 Å². The average molecular weight is 246 g/mol. The van der Waals surface area contributed by atoms with Gasteiger partial charge in [0.15, 0.2) is 0 Å². The van der Waals surface area contributed by atoms with Gasteiger partial charge in [-0.25, -0.2) is 0 Å². The van der Waals surface area contributed by atoms with E-state index >= 15 is 0 Å². The average Bonchev–Trinajstić information content (AvgIpc) is 2.27. The number of rotatable bonds is 4. The van der Waals surface area contributed by atoms with Crippen LogP contribution in [0, 0.1) is 11.3 Å². The maximum absolute atomic E-state index is 4.05. The zero-order valence-electron chi connectivity index (χ0n) is 11.9. The molecule has 100 valence electrons. The Morgan fingerprint density at radius 3 is 2.67 bits per heavy atom. The molecule has 2 heteroatoms. The van der Waals surface area contributed by atoms with Crippen molar-refractivity contribution in [1.82, 2.24) is 10.3 Å². The summed E-state index contributed by atoms with van der Waals surface area (Å²) in [6, 6.07) is 4.91. The summed E-state index contributed by atoms with van der Waals surface area (Å²) in [4.78, 5) is 4.05. The Kier molecular flexibility index (Phi) is 4.39. The molecule has 2 unspecified atom stereocenters. The van der Waals surface area contributed by atoms with E-state index in [4.69, 9.17) is 0 Å². The highest BCUT2D eigenvalue weighted by molar-refractivity contribution is 5.09. The Bertz CT molecular complexity index is 359. The van der Waals surface area contributed by atoms with Crippen LogP contribution in [0.3, 0.4) is 0 Å². The zero-order chi connectivity index (χ0) is 13.0. The lowest BCUT2D eigenvalue weighted by molar-refractivity contribution is 0.152. The van der Waals surface area contributed by atoms with Gasteiger partial charge in [0.05, 0.1) is 0 Å². The van der Waals surface area contributed by atoms with Gasteiger partial charge in [-0.05, 0) is 61.3 Å². The van der Waals surface area contributed by atoms with Crippen LogP contribution in [0.25, 0.3) is 0 Å². The predicted molar refractivity (Wildman–Crippen MR) is 76.5 cm³/mol. The van der Waals surface area contributed by atoms with Crippen molar-refractivity contribution in [2.75, 3.05) is 6.54 Å². The molecule has 0 bridgehead atoms. The van der Waals surface area contributed by atoms with E-state index in [0.717, 1.165) is 18.9 Å². The first-order valence-electron chi connectivity index (χ1n) is 7.17. The monoisotopic (exact) mass is 246 g/mol. The van der Waals surface area contributed by atoms with Crippen molar-refractivity contribution >= 4 is 0 Å². The molecule has 1 fully saturated rings. The summed E-state index contributed by atoms with van der Waals surface area (Å²) >= 11 is 0. The van der Waals surface area contributed by atoms with Gasteiger partial charge in [0.2, 0.25) is 0 Å². The van der Waals surface area contributed by atoms with Gasteiger partial charge in [-0.3, -0.25) is 4.98 Å². The second-order valence-electron chi connectivity index (χ2n) is 6.67. The predicted octanol–water partition coefficient (Wildman–Crippen LogP) is 3.43. The number of nitrogens with zero attached hydrogens (tertiary/aromatic N) is 1. The van der Waals surface area contributed by atoms with E-state index < -0.39 is 0 Å². The molecule has 0 spiro atoms. The summed E-state index contributed by atoms with van der Waals surface area (Å²) in [7, 11) is 0. The third-order valence-corrected chi connectivity index (χ3v) is 3.98. The second-order valence-corrected chi connectivity index (χ2v) is 6.67. The summed E-state index contributed by atoms with van der Waals surface area (Å²) in [5, 5.41) is 3.74. The van der Waals surface area contributed by atoms with Crippen molar-refractivity contribution in [2.45, 2.75) is 52.5 Å². The van der Waals surface area contributed by atoms with Crippen LogP contribution >= 0.6 is 0 Å². The van der Waals surface area contributed by atoms with Crippen molar-refractivity contribution < 1.29 is 0 Å². The standard InChI is InChI=1S/C16H26N2/c1-13-10-15(12-16(2,3)11-13)18-9-6-14-4-7-17-8-5-14/h4-5,7-8,13,15,18H,6,9-12H2,1-3H3. The molecule has 1 aromatic rings. The molecule has 0 aromatic carbocycles. The van der Waals surface area contributed by atoms with Gasteiger partial charge in [-0.1, -0.05) is 20.8 Å². The summed E-state index contributed by atoms with van der Waals surface area (Å²) in [5.41, 5.74) is 1.88. The van der Waals surface area contributed by atoms with Crippen molar-refractivity contribution in [3.8, 4) is 0 Å². The molecular formula is C16H26N2. The Morgan fingerprint density at radius 1 is 1.28 bits per heavy atom. The van der Waals surface area contributed by atoms with E-state index in [-0.39, 0.29) is 0 Å². The fraction of sp³-hybridized carbons (Fsp3) is 0.688. The summed E-state index contributed by atoms with van der Waals surface area (Å²) in [5.74, 6) is 0.854. The van der Waals surface area contributed by atoms with E-state index in [2.05, 4.69) is 43.2 Å². The largest absolute Gasteiger partial charge is 0.314 e. The molecule has 0 saturated heterocycles. The fourth-order valence-electron chi connectivity index (χ4n) is 3.47. The molecule has 1 aromatic heterocycles. The third kappa shape index (κ3) is 4.09. The van der Waals surface area contributed by atoms with Gasteiger partial charge >= 0.3 is 0 Å². The highest BCUT2D eigenvalue weighted by Crippen LogP contribution is 2.38. The molecule has 0 radical (unpaired) electrons. The van der Waals surface area contributed by atoms with Crippen molar-refractivity contribution in [2.24, 2.45) is 11.3 Å². The maximum Gasteiger partial charge on any atom is 0.0270 e. The highest BCUT2D eigenvalue weighted by Gasteiger charge is 2.31. The molecule has 1 aliphatic carbocycles. The Hall–Kier alpha value is -0.890. The smallest absolute Gasteiger partial charge is 0.0270 e. The molecule has 18 heavy (non-hydrogen) atoms. The van der Waals surface area contributed by atoms with Crippen LogP contribution in [0.4, 0.5) is 0 Å². The molecular weight excluding hydrogens is 220 g/mol. The lowest BCUT2D eigenvalue weighted by atomic mass is 9.70. The molecule has 2 atom stereocenters. The number of aromatic nitrogens is 1. The zero-order valence-corrected chi connectivity index (χ0v) is 11.9. The SMILES string of the molecule is CC1CC(NCCc2ccncc2)CC(C)(C)C1. The molecule has 1 saturated carbocycles. The number of hydrogen-bond donors (Lipinski definition) is 1. The van der Waals surface area contributed by atoms with Gasteiger partial charge < -0.3 is 5.32 Å². The highest BCUT2D eigenvalue weighted by atomic mass is 14.9. The molecule has 0 amide bonds. The van der Waals surface area contributed by atoms with E-state index in [9.17, 15) is 0 Å². The van der Waals surface area contributed by atoms with E-state index in [1.54, 1.807) is 0 Å². The first kappa shape index (κ1) is 13.5. The number of hydrogen-bond acceptors (Lipinski definition) is 2. The summed E-state index contributed by atoms with van der Waals surface area (Å²) in [6.45, 7) is 8.27. The molecule has 1 aliphatic rings. The first-order valence-corrected chi connectivity index (χ1v) is 7.17. The number of pyridine rings is 1. The van der Waals surface area contributed by atoms with Gasteiger partial charge in [-0.15, -0.1) is 0 Å². The van der Waals surface area contributed by atoms with Gasteiger partial charge in [0, 0.05) is 18.4 Å². The maximum atomic E-state index is 4.05. The summed E-state index contributed by atoms with van der Waals surface area (Å²) < 4.78 is 0. The Balaban J connectivity index is 1.76. The minimum absolute atomic E-state index is 0.506. The lowest BCUT2D eigenvalue weighted by Gasteiger charge is -2.39. The van der Waals surface area contributed by atoms with Crippen LogP contribution in [0.1, 0.15) is 45.6 Å². The van der Waals surface area contributed by atoms with E-state index in [0.29, 0.717) is 11.5 Å².